The predicted octanol–water partition coefficient (Wildman–Crippen LogP) is 2.33. The van der Waals surface area contributed by atoms with Gasteiger partial charge >= 0.3 is 0 Å². The highest BCUT2D eigenvalue weighted by Crippen LogP contribution is 2.21. The number of aromatic hydroxyl groups is 1. The van der Waals surface area contributed by atoms with Crippen LogP contribution in [0, 0.1) is 12.8 Å². The van der Waals surface area contributed by atoms with Gasteiger partial charge in [-0.15, -0.1) is 0 Å². The molecule has 88 valence electrons. The number of rotatable bonds is 2. The summed E-state index contributed by atoms with van der Waals surface area (Å²) < 4.78 is 0. The summed E-state index contributed by atoms with van der Waals surface area (Å²) in [5.41, 5.74) is 1.78. The van der Waals surface area contributed by atoms with Gasteiger partial charge in [0.25, 0.3) is 0 Å². The molecule has 1 N–H and O–H groups in total. The van der Waals surface area contributed by atoms with E-state index in [4.69, 9.17) is 0 Å². The fraction of sp³-hybridized carbons (Fsp3) is 0.615. The van der Waals surface area contributed by atoms with Crippen molar-refractivity contribution in [1.29, 1.82) is 0 Å². The molecule has 0 radical (unpaired) electrons. The summed E-state index contributed by atoms with van der Waals surface area (Å²) in [6, 6.07) is 3.59. The number of hydrogen-bond acceptors (Lipinski definition) is 3. The third-order valence-corrected chi connectivity index (χ3v) is 3.20. The van der Waals surface area contributed by atoms with E-state index in [9.17, 15) is 5.11 Å². The summed E-state index contributed by atoms with van der Waals surface area (Å²) in [6.07, 6.45) is 2.58. The van der Waals surface area contributed by atoms with Gasteiger partial charge in [0.2, 0.25) is 0 Å². The lowest BCUT2D eigenvalue weighted by Crippen LogP contribution is -2.34. The van der Waals surface area contributed by atoms with Crippen LogP contribution in [0.4, 0.5) is 0 Å². The van der Waals surface area contributed by atoms with Crippen molar-refractivity contribution in [1.82, 2.24) is 9.88 Å². The van der Waals surface area contributed by atoms with Gasteiger partial charge in [0.15, 0.2) is 0 Å². The van der Waals surface area contributed by atoms with Crippen molar-refractivity contribution in [3.05, 3.63) is 23.5 Å². The molecule has 0 aliphatic carbocycles. The smallest absolute Gasteiger partial charge is 0.138 e. The summed E-state index contributed by atoms with van der Waals surface area (Å²) in [6.45, 7) is 7.27. The van der Waals surface area contributed by atoms with Crippen molar-refractivity contribution in [2.75, 3.05) is 13.1 Å². The van der Waals surface area contributed by atoms with Gasteiger partial charge in [-0.05, 0) is 44.4 Å². The Hall–Kier alpha value is -1.09. The summed E-state index contributed by atoms with van der Waals surface area (Å²) in [5, 5.41) is 9.74. The van der Waals surface area contributed by atoms with Gasteiger partial charge in [0.1, 0.15) is 5.75 Å². The number of hydrogen-bond donors (Lipinski definition) is 1. The quantitative estimate of drug-likeness (QED) is 0.831. The second-order valence-corrected chi connectivity index (χ2v) is 4.90. The molecule has 16 heavy (non-hydrogen) atoms. The van der Waals surface area contributed by atoms with E-state index < -0.39 is 0 Å². The molecule has 0 bridgehead atoms. The van der Waals surface area contributed by atoms with Gasteiger partial charge in [-0.2, -0.15) is 0 Å². The van der Waals surface area contributed by atoms with E-state index in [1.807, 2.05) is 13.0 Å². The van der Waals surface area contributed by atoms with Crippen molar-refractivity contribution in [2.24, 2.45) is 5.92 Å². The van der Waals surface area contributed by atoms with Crippen LogP contribution in [0.5, 0.6) is 5.75 Å². The Kier molecular flexibility index (Phi) is 3.44. The highest BCUT2D eigenvalue weighted by molar-refractivity contribution is 5.27. The Morgan fingerprint density at radius 2 is 2.31 bits per heavy atom. The molecule has 1 aromatic heterocycles. The van der Waals surface area contributed by atoms with Crippen LogP contribution in [0.1, 0.15) is 31.2 Å². The van der Waals surface area contributed by atoms with Crippen molar-refractivity contribution in [3.8, 4) is 5.75 Å². The lowest BCUT2D eigenvalue weighted by atomic mass is 10.0. The minimum absolute atomic E-state index is 0.323. The Labute approximate surface area is 97.1 Å². The standard InChI is InChI=1S/C13H20N2O/c1-10-4-3-7-15(8-10)9-12-13(16)6-5-11(2)14-12/h5-6,10,16H,3-4,7-9H2,1-2H3. The maximum Gasteiger partial charge on any atom is 0.138 e. The van der Waals surface area contributed by atoms with Crippen molar-refractivity contribution in [3.63, 3.8) is 0 Å². The zero-order valence-electron chi connectivity index (χ0n) is 10.1. The fourth-order valence-corrected chi connectivity index (χ4v) is 2.36. The molecule has 1 atom stereocenters. The van der Waals surface area contributed by atoms with Gasteiger partial charge in [-0.1, -0.05) is 6.92 Å². The van der Waals surface area contributed by atoms with Gasteiger partial charge in [0, 0.05) is 18.8 Å². The third-order valence-electron chi connectivity index (χ3n) is 3.20. The number of pyridine rings is 1. The number of piperidine rings is 1. The average Bonchev–Trinajstić information content (AvgIpc) is 2.24. The van der Waals surface area contributed by atoms with E-state index >= 15 is 0 Å². The first-order chi connectivity index (χ1) is 7.65. The summed E-state index contributed by atoms with van der Waals surface area (Å²) in [7, 11) is 0. The monoisotopic (exact) mass is 220 g/mol. The first-order valence-corrected chi connectivity index (χ1v) is 6.03. The largest absolute Gasteiger partial charge is 0.506 e. The molecule has 2 rings (SSSR count). The molecule has 1 saturated heterocycles. The Morgan fingerprint density at radius 1 is 1.50 bits per heavy atom. The highest BCUT2D eigenvalue weighted by Gasteiger charge is 2.17. The van der Waals surface area contributed by atoms with E-state index in [-0.39, 0.29) is 0 Å². The van der Waals surface area contributed by atoms with Gasteiger partial charge in [-0.25, -0.2) is 0 Å². The molecule has 0 spiro atoms. The maximum atomic E-state index is 9.74. The van der Waals surface area contributed by atoms with Crippen molar-refractivity contribution in [2.45, 2.75) is 33.2 Å². The maximum absolute atomic E-state index is 9.74. The lowest BCUT2D eigenvalue weighted by molar-refractivity contribution is 0.173. The molecule has 1 aliphatic heterocycles. The Balaban J connectivity index is 2.05. The predicted molar refractivity (Wildman–Crippen MR) is 64.3 cm³/mol. The average molecular weight is 220 g/mol. The van der Waals surface area contributed by atoms with Crippen LogP contribution < -0.4 is 0 Å². The van der Waals surface area contributed by atoms with E-state index in [0.717, 1.165) is 36.9 Å². The fourth-order valence-electron chi connectivity index (χ4n) is 2.36. The number of aromatic nitrogens is 1. The molecule has 0 amide bonds. The molecule has 3 heteroatoms. The van der Waals surface area contributed by atoms with Crippen LogP contribution in [0.25, 0.3) is 0 Å². The van der Waals surface area contributed by atoms with Gasteiger partial charge in [0.05, 0.1) is 5.69 Å². The molecule has 1 aliphatic rings. The summed E-state index contributed by atoms with van der Waals surface area (Å²) in [5.74, 6) is 1.09. The molecule has 1 aromatic rings. The molecule has 1 unspecified atom stereocenters. The first kappa shape index (κ1) is 11.4. The normalized spacial score (nSPS) is 22.2. The number of aryl methyl sites for hydroxylation is 1. The molecule has 0 saturated carbocycles. The Bertz CT molecular complexity index is 365. The molecule has 1 fully saturated rings. The third kappa shape index (κ3) is 2.73. The number of likely N-dealkylation sites (tertiary alicyclic amines) is 1. The Morgan fingerprint density at radius 3 is 3.06 bits per heavy atom. The van der Waals surface area contributed by atoms with Crippen LogP contribution >= 0.6 is 0 Å². The van der Waals surface area contributed by atoms with Crippen LogP contribution in [0.15, 0.2) is 12.1 Å². The van der Waals surface area contributed by atoms with Crippen molar-refractivity contribution < 1.29 is 5.11 Å². The minimum atomic E-state index is 0.323. The summed E-state index contributed by atoms with van der Waals surface area (Å²) in [4.78, 5) is 6.78. The van der Waals surface area contributed by atoms with Crippen LogP contribution in [0.2, 0.25) is 0 Å². The molecular weight excluding hydrogens is 200 g/mol. The van der Waals surface area contributed by atoms with Crippen LogP contribution in [-0.2, 0) is 6.54 Å². The topological polar surface area (TPSA) is 36.4 Å². The minimum Gasteiger partial charge on any atom is -0.506 e. The second-order valence-electron chi connectivity index (χ2n) is 4.90. The van der Waals surface area contributed by atoms with Gasteiger partial charge in [-0.3, -0.25) is 9.88 Å². The first-order valence-electron chi connectivity index (χ1n) is 6.03. The molecule has 3 nitrogen and oxygen atoms in total. The van der Waals surface area contributed by atoms with Crippen LogP contribution in [-0.4, -0.2) is 28.1 Å². The van der Waals surface area contributed by atoms with E-state index in [0.29, 0.717) is 5.75 Å². The summed E-state index contributed by atoms with van der Waals surface area (Å²) >= 11 is 0. The number of nitrogens with zero attached hydrogens (tertiary/aromatic N) is 2. The molecule has 0 aromatic carbocycles. The van der Waals surface area contributed by atoms with E-state index in [1.165, 1.54) is 12.8 Å². The van der Waals surface area contributed by atoms with Crippen molar-refractivity contribution >= 4 is 0 Å². The van der Waals surface area contributed by atoms with Crippen LogP contribution in [0.3, 0.4) is 0 Å². The molecular formula is C13H20N2O. The highest BCUT2D eigenvalue weighted by atomic mass is 16.3. The van der Waals surface area contributed by atoms with E-state index in [1.54, 1.807) is 6.07 Å². The zero-order valence-corrected chi connectivity index (χ0v) is 10.1. The zero-order chi connectivity index (χ0) is 11.5. The van der Waals surface area contributed by atoms with E-state index in [2.05, 4.69) is 16.8 Å². The second kappa shape index (κ2) is 4.83. The lowest BCUT2D eigenvalue weighted by Gasteiger charge is -2.30. The molecule has 2 heterocycles. The SMILES string of the molecule is Cc1ccc(O)c(CN2CCCC(C)C2)n1. The van der Waals surface area contributed by atoms with Gasteiger partial charge < -0.3 is 5.11 Å².